The molecule has 0 spiro atoms. The van der Waals surface area contributed by atoms with Crippen molar-refractivity contribution in [3.63, 3.8) is 0 Å². The Hall–Kier alpha value is -1.62. The molecule has 0 aliphatic heterocycles. The number of carboxylic acid groups (broad SMARTS) is 1. The van der Waals surface area contributed by atoms with E-state index in [-0.39, 0.29) is 23.6 Å². The molecular formula is C14H15ClFNO3. The predicted octanol–water partition coefficient (Wildman–Crippen LogP) is 2.39. The summed E-state index contributed by atoms with van der Waals surface area (Å²) in [6.07, 6.45) is 1.77. The van der Waals surface area contributed by atoms with E-state index in [2.05, 4.69) is 5.32 Å². The zero-order chi connectivity index (χ0) is 14.8. The first kappa shape index (κ1) is 14.8. The zero-order valence-corrected chi connectivity index (χ0v) is 11.5. The Labute approximate surface area is 120 Å². The maximum atomic E-state index is 13.5. The van der Waals surface area contributed by atoms with Crippen molar-refractivity contribution < 1.29 is 19.1 Å². The largest absolute Gasteiger partial charge is 0.481 e. The lowest BCUT2D eigenvalue weighted by atomic mass is 9.69. The van der Waals surface area contributed by atoms with Crippen LogP contribution in [0, 0.1) is 11.2 Å². The van der Waals surface area contributed by atoms with Crippen LogP contribution in [0.25, 0.3) is 0 Å². The van der Waals surface area contributed by atoms with E-state index < -0.39 is 23.1 Å². The van der Waals surface area contributed by atoms with E-state index >= 15 is 0 Å². The maximum absolute atomic E-state index is 13.5. The topological polar surface area (TPSA) is 66.4 Å². The number of hydrogen-bond acceptors (Lipinski definition) is 2. The molecule has 0 unspecified atom stereocenters. The minimum absolute atomic E-state index is 0.0766. The molecule has 1 aliphatic rings. The summed E-state index contributed by atoms with van der Waals surface area (Å²) >= 11 is 5.84. The van der Waals surface area contributed by atoms with Crippen LogP contribution in [0.15, 0.2) is 18.2 Å². The number of halogens is 2. The summed E-state index contributed by atoms with van der Waals surface area (Å²) < 4.78 is 13.5. The molecule has 2 N–H and O–H groups in total. The summed E-state index contributed by atoms with van der Waals surface area (Å²) in [5.41, 5.74) is -0.723. The van der Waals surface area contributed by atoms with E-state index in [1.54, 1.807) is 0 Å². The Morgan fingerprint density at radius 1 is 1.40 bits per heavy atom. The predicted molar refractivity (Wildman–Crippen MR) is 72.0 cm³/mol. The Kier molecular flexibility index (Phi) is 4.28. The normalized spacial score (nSPS) is 16.3. The van der Waals surface area contributed by atoms with Gasteiger partial charge in [-0.15, -0.1) is 0 Å². The average molecular weight is 300 g/mol. The fourth-order valence-electron chi connectivity index (χ4n) is 2.26. The second-order valence-corrected chi connectivity index (χ2v) is 5.50. The SMILES string of the molecule is O=C(Cc1c(F)cccc1Cl)NCC1(C(=O)O)CCC1. The molecule has 1 fully saturated rings. The van der Waals surface area contributed by atoms with Gasteiger partial charge >= 0.3 is 5.97 Å². The smallest absolute Gasteiger partial charge is 0.311 e. The third-order valence-corrected chi connectivity index (χ3v) is 4.14. The molecule has 1 aliphatic carbocycles. The number of hydrogen-bond donors (Lipinski definition) is 2. The first-order chi connectivity index (χ1) is 9.44. The van der Waals surface area contributed by atoms with E-state index in [0.717, 1.165) is 6.42 Å². The van der Waals surface area contributed by atoms with Gasteiger partial charge in [0.25, 0.3) is 0 Å². The van der Waals surface area contributed by atoms with Gasteiger partial charge < -0.3 is 10.4 Å². The van der Waals surface area contributed by atoms with Gasteiger partial charge in [-0.2, -0.15) is 0 Å². The Bertz CT molecular complexity index is 523. The van der Waals surface area contributed by atoms with Gasteiger partial charge in [0.2, 0.25) is 5.91 Å². The summed E-state index contributed by atoms with van der Waals surface area (Å²) in [6.45, 7) is 0.0766. The highest BCUT2D eigenvalue weighted by Gasteiger charge is 2.44. The van der Waals surface area contributed by atoms with Crippen LogP contribution in [-0.2, 0) is 16.0 Å². The standard InChI is InChI=1S/C14H15ClFNO3/c15-10-3-1-4-11(16)9(10)7-12(18)17-8-14(13(19)20)5-2-6-14/h1,3-4H,2,5-8H2,(H,17,18)(H,19,20). The first-order valence-electron chi connectivity index (χ1n) is 6.38. The Balaban J connectivity index is 1.95. The zero-order valence-electron chi connectivity index (χ0n) is 10.8. The third kappa shape index (κ3) is 2.93. The van der Waals surface area contributed by atoms with Crippen LogP contribution >= 0.6 is 11.6 Å². The van der Waals surface area contributed by atoms with Crippen molar-refractivity contribution in [1.29, 1.82) is 0 Å². The fraction of sp³-hybridized carbons (Fsp3) is 0.429. The van der Waals surface area contributed by atoms with Gasteiger partial charge in [0.15, 0.2) is 0 Å². The van der Waals surface area contributed by atoms with Crippen LogP contribution in [-0.4, -0.2) is 23.5 Å². The molecule has 1 aromatic rings. The summed E-state index contributed by atoms with van der Waals surface area (Å²) in [5, 5.41) is 11.9. The molecule has 0 heterocycles. The molecule has 0 saturated heterocycles. The molecule has 0 radical (unpaired) electrons. The number of carbonyl (C=O) groups is 2. The van der Waals surface area contributed by atoms with Crippen molar-refractivity contribution in [2.75, 3.05) is 6.54 Å². The van der Waals surface area contributed by atoms with Gasteiger partial charge in [0.1, 0.15) is 5.82 Å². The Morgan fingerprint density at radius 2 is 2.10 bits per heavy atom. The molecule has 0 bridgehead atoms. The van der Waals surface area contributed by atoms with Crippen LogP contribution in [0.1, 0.15) is 24.8 Å². The number of aliphatic carboxylic acids is 1. The van der Waals surface area contributed by atoms with Crippen molar-refractivity contribution in [3.8, 4) is 0 Å². The third-order valence-electron chi connectivity index (χ3n) is 3.79. The first-order valence-corrected chi connectivity index (χ1v) is 6.75. The van der Waals surface area contributed by atoms with Gasteiger partial charge in [0, 0.05) is 17.1 Å². The minimum atomic E-state index is -0.895. The molecule has 0 atom stereocenters. The number of carbonyl (C=O) groups excluding carboxylic acids is 1. The van der Waals surface area contributed by atoms with Gasteiger partial charge in [-0.1, -0.05) is 24.1 Å². The van der Waals surface area contributed by atoms with Crippen LogP contribution in [0.3, 0.4) is 0 Å². The number of benzene rings is 1. The highest BCUT2D eigenvalue weighted by Crippen LogP contribution is 2.40. The monoisotopic (exact) mass is 299 g/mol. The van der Waals surface area contributed by atoms with Crippen LogP contribution in [0.5, 0.6) is 0 Å². The lowest BCUT2D eigenvalue weighted by Gasteiger charge is -2.37. The van der Waals surface area contributed by atoms with Crippen molar-refractivity contribution in [2.24, 2.45) is 5.41 Å². The summed E-state index contributed by atoms with van der Waals surface area (Å²) in [4.78, 5) is 22.9. The van der Waals surface area contributed by atoms with E-state index in [1.165, 1.54) is 18.2 Å². The van der Waals surface area contributed by atoms with Crippen molar-refractivity contribution in [1.82, 2.24) is 5.32 Å². The maximum Gasteiger partial charge on any atom is 0.311 e. The van der Waals surface area contributed by atoms with E-state index in [4.69, 9.17) is 16.7 Å². The lowest BCUT2D eigenvalue weighted by Crippen LogP contribution is -2.47. The van der Waals surface area contributed by atoms with Crippen molar-refractivity contribution >= 4 is 23.5 Å². The summed E-state index contributed by atoms with van der Waals surface area (Å²) in [5.74, 6) is -1.86. The second-order valence-electron chi connectivity index (χ2n) is 5.09. The highest BCUT2D eigenvalue weighted by atomic mass is 35.5. The molecule has 0 aromatic heterocycles. The van der Waals surface area contributed by atoms with Crippen LogP contribution in [0.2, 0.25) is 5.02 Å². The van der Waals surface area contributed by atoms with E-state index in [1.807, 2.05) is 0 Å². The van der Waals surface area contributed by atoms with Gasteiger partial charge in [-0.25, -0.2) is 4.39 Å². The van der Waals surface area contributed by atoms with Crippen molar-refractivity contribution in [2.45, 2.75) is 25.7 Å². The number of carboxylic acids is 1. The molecule has 2 rings (SSSR count). The summed E-state index contributed by atoms with van der Waals surface area (Å²) in [6, 6.07) is 4.21. The number of nitrogens with one attached hydrogen (secondary N) is 1. The highest BCUT2D eigenvalue weighted by molar-refractivity contribution is 6.31. The molecule has 108 valence electrons. The average Bonchev–Trinajstić information content (AvgIpc) is 2.32. The molecule has 20 heavy (non-hydrogen) atoms. The van der Waals surface area contributed by atoms with Crippen LogP contribution < -0.4 is 5.32 Å². The minimum Gasteiger partial charge on any atom is -0.481 e. The van der Waals surface area contributed by atoms with E-state index in [0.29, 0.717) is 12.8 Å². The molecule has 4 nitrogen and oxygen atoms in total. The second kappa shape index (κ2) is 5.79. The number of amides is 1. The molecule has 6 heteroatoms. The quantitative estimate of drug-likeness (QED) is 0.877. The molecule has 1 amide bonds. The fourth-order valence-corrected chi connectivity index (χ4v) is 2.49. The van der Waals surface area contributed by atoms with Gasteiger partial charge in [-0.3, -0.25) is 9.59 Å². The lowest BCUT2D eigenvalue weighted by molar-refractivity contribution is -0.154. The molecule has 1 saturated carbocycles. The van der Waals surface area contributed by atoms with Crippen molar-refractivity contribution in [3.05, 3.63) is 34.6 Å². The van der Waals surface area contributed by atoms with Gasteiger partial charge in [0.05, 0.1) is 11.8 Å². The van der Waals surface area contributed by atoms with Crippen LogP contribution in [0.4, 0.5) is 4.39 Å². The number of rotatable bonds is 5. The summed E-state index contributed by atoms with van der Waals surface area (Å²) in [7, 11) is 0. The molecular weight excluding hydrogens is 285 g/mol. The van der Waals surface area contributed by atoms with Gasteiger partial charge in [-0.05, 0) is 25.0 Å². The van der Waals surface area contributed by atoms with E-state index in [9.17, 15) is 14.0 Å². The molecule has 1 aromatic carbocycles. The Morgan fingerprint density at radius 3 is 2.60 bits per heavy atom.